The maximum absolute atomic E-state index is 5.20. The van der Waals surface area contributed by atoms with Gasteiger partial charge in [0.25, 0.3) is 0 Å². The van der Waals surface area contributed by atoms with Gasteiger partial charge >= 0.3 is 0 Å². The highest BCUT2D eigenvalue weighted by Gasteiger charge is 2.14. The van der Waals surface area contributed by atoms with E-state index in [0.717, 1.165) is 45.7 Å². The van der Waals surface area contributed by atoms with Crippen LogP contribution in [0.4, 0.5) is 0 Å². The third-order valence-corrected chi connectivity index (χ3v) is 3.22. The summed E-state index contributed by atoms with van der Waals surface area (Å²) in [4.78, 5) is 2.49. The second kappa shape index (κ2) is 10.6. The largest absolute Gasteiger partial charge is 0.385 e. The highest BCUT2D eigenvalue weighted by Crippen LogP contribution is 2.06. The zero-order valence-electron chi connectivity index (χ0n) is 13.8. The van der Waals surface area contributed by atoms with Gasteiger partial charge in [-0.15, -0.1) is 0 Å². The Morgan fingerprint density at radius 3 is 2.21 bits per heavy atom. The Balaban J connectivity index is 4.01. The average molecular weight is 274 g/mol. The minimum Gasteiger partial charge on any atom is -0.385 e. The molecule has 0 heterocycles. The topological polar surface area (TPSA) is 33.7 Å². The highest BCUT2D eigenvalue weighted by molar-refractivity contribution is 4.74. The van der Waals surface area contributed by atoms with Crippen LogP contribution < -0.4 is 5.32 Å². The molecule has 0 aliphatic carbocycles. The molecule has 1 unspecified atom stereocenters. The van der Waals surface area contributed by atoms with Crippen LogP contribution >= 0.6 is 0 Å². The Labute approximate surface area is 119 Å². The van der Waals surface area contributed by atoms with E-state index in [1.807, 2.05) is 0 Å². The zero-order chi connectivity index (χ0) is 14.7. The Kier molecular flexibility index (Phi) is 10.5. The standard InChI is InChI=1S/C15H34N2O2/c1-14(8-9-16-15(2,3)4)17(11-13-19-6)10-7-12-18-5/h14,16H,7-13H2,1-6H3. The lowest BCUT2D eigenvalue weighted by Gasteiger charge is -2.30. The number of ether oxygens (including phenoxy) is 2. The fraction of sp³-hybridized carbons (Fsp3) is 1.00. The van der Waals surface area contributed by atoms with Crippen LogP contribution in [0.5, 0.6) is 0 Å². The molecule has 116 valence electrons. The van der Waals surface area contributed by atoms with Crippen molar-refractivity contribution in [2.45, 2.75) is 52.1 Å². The van der Waals surface area contributed by atoms with Gasteiger partial charge in [0.1, 0.15) is 0 Å². The third kappa shape index (κ3) is 11.4. The molecular weight excluding hydrogens is 240 g/mol. The molecule has 1 atom stereocenters. The van der Waals surface area contributed by atoms with E-state index >= 15 is 0 Å². The summed E-state index contributed by atoms with van der Waals surface area (Å²) in [7, 11) is 3.52. The fourth-order valence-electron chi connectivity index (χ4n) is 2.01. The van der Waals surface area contributed by atoms with Gasteiger partial charge in [-0.1, -0.05) is 0 Å². The van der Waals surface area contributed by atoms with E-state index in [9.17, 15) is 0 Å². The molecule has 0 bridgehead atoms. The van der Waals surface area contributed by atoms with Crippen LogP contribution in [-0.4, -0.2) is 63.5 Å². The van der Waals surface area contributed by atoms with Crippen molar-refractivity contribution in [2.75, 3.05) is 47.1 Å². The summed E-state index contributed by atoms with van der Waals surface area (Å²) in [6.07, 6.45) is 2.24. The zero-order valence-corrected chi connectivity index (χ0v) is 13.8. The predicted molar refractivity (Wildman–Crippen MR) is 81.8 cm³/mol. The summed E-state index contributed by atoms with van der Waals surface area (Å²) in [5, 5.41) is 3.55. The smallest absolute Gasteiger partial charge is 0.0589 e. The summed E-state index contributed by atoms with van der Waals surface area (Å²) >= 11 is 0. The second-order valence-corrected chi connectivity index (χ2v) is 6.19. The van der Waals surface area contributed by atoms with Crippen molar-refractivity contribution in [1.29, 1.82) is 0 Å². The van der Waals surface area contributed by atoms with Crippen molar-refractivity contribution < 1.29 is 9.47 Å². The first-order valence-corrected chi connectivity index (χ1v) is 7.37. The Hall–Kier alpha value is -0.160. The van der Waals surface area contributed by atoms with Crippen molar-refractivity contribution in [1.82, 2.24) is 10.2 Å². The van der Waals surface area contributed by atoms with E-state index in [-0.39, 0.29) is 5.54 Å². The van der Waals surface area contributed by atoms with Crippen LogP contribution in [0.3, 0.4) is 0 Å². The highest BCUT2D eigenvalue weighted by atomic mass is 16.5. The lowest BCUT2D eigenvalue weighted by atomic mass is 10.1. The molecular formula is C15H34N2O2. The van der Waals surface area contributed by atoms with Gasteiger partial charge in [0.05, 0.1) is 6.61 Å². The third-order valence-electron chi connectivity index (χ3n) is 3.22. The first-order chi connectivity index (χ1) is 8.90. The molecule has 0 rings (SSSR count). The second-order valence-electron chi connectivity index (χ2n) is 6.19. The van der Waals surface area contributed by atoms with Gasteiger partial charge in [-0.05, 0) is 47.1 Å². The summed E-state index contributed by atoms with van der Waals surface area (Å²) in [6, 6.07) is 0.571. The molecule has 0 aliphatic heterocycles. The first-order valence-electron chi connectivity index (χ1n) is 7.37. The number of methoxy groups -OCH3 is 2. The molecule has 0 spiro atoms. The number of nitrogens with one attached hydrogen (secondary N) is 1. The minimum atomic E-state index is 0.202. The predicted octanol–water partition coefficient (Wildman–Crippen LogP) is 2.14. The van der Waals surface area contributed by atoms with E-state index in [1.54, 1.807) is 14.2 Å². The quantitative estimate of drug-likeness (QED) is 0.585. The van der Waals surface area contributed by atoms with E-state index in [1.165, 1.54) is 0 Å². The normalized spacial score (nSPS) is 14.1. The van der Waals surface area contributed by atoms with Gasteiger partial charge in [0.2, 0.25) is 0 Å². The van der Waals surface area contributed by atoms with E-state index in [0.29, 0.717) is 6.04 Å². The Bertz CT molecular complexity index is 205. The number of rotatable bonds is 11. The van der Waals surface area contributed by atoms with Crippen LogP contribution in [0.25, 0.3) is 0 Å². The fourth-order valence-corrected chi connectivity index (χ4v) is 2.01. The molecule has 0 saturated heterocycles. The molecule has 0 aromatic heterocycles. The number of hydrogen-bond donors (Lipinski definition) is 1. The van der Waals surface area contributed by atoms with E-state index in [2.05, 4.69) is 37.9 Å². The maximum Gasteiger partial charge on any atom is 0.0589 e. The lowest BCUT2D eigenvalue weighted by Crippen LogP contribution is -2.42. The van der Waals surface area contributed by atoms with Crippen molar-refractivity contribution >= 4 is 0 Å². The lowest BCUT2D eigenvalue weighted by molar-refractivity contribution is 0.107. The first kappa shape index (κ1) is 18.8. The molecule has 0 amide bonds. The molecule has 4 heteroatoms. The van der Waals surface area contributed by atoms with Crippen LogP contribution in [-0.2, 0) is 9.47 Å². The van der Waals surface area contributed by atoms with Gasteiger partial charge in [0, 0.05) is 45.5 Å². The molecule has 0 fully saturated rings. The molecule has 0 aliphatic rings. The van der Waals surface area contributed by atoms with Crippen LogP contribution in [0.2, 0.25) is 0 Å². The number of hydrogen-bond acceptors (Lipinski definition) is 4. The van der Waals surface area contributed by atoms with Crippen molar-refractivity contribution in [3.8, 4) is 0 Å². The van der Waals surface area contributed by atoms with Gasteiger partial charge in [-0.3, -0.25) is 4.90 Å². The Morgan fingerprint density at radius 2 is 1.68 bits per heavy atom. The van der Waals surface area contributed by atoms with Gasteiger partial charge in [0.15, 0.2) is 0 Å². The van der Waals surface area contributed by atoms with Gasteiger partial charge in [-0.2, -0.15) is 0 Å². The molecule has 0 saturated carbocycles. The van der Waals surface area contributed by atoms with E-state index in [4.69, 9.17) is 9.47 Å². The molecule has 0 aromatic rings. The Morgan fingerprint density at radius 1 is 1.05 bits per heavy atom. The van der Waals surface area contributed by atoms with Crippen LogP contribution in [0.15, 0.2) is 0 Å². The average Bonchev–Trinajstić information content (AvgIpc) is 2.31. The number of nitrogens with zero attached hydrogens (tertiary/aromatic N) is 1. The van der Waals surface area contributed by atoms with Gasteiger partial charge in [-0.25, -0.2) is 0 Å². The minimum absolute atomic E-state index is 0.202. The van der Waals surface area contributed by atoms with Crippen molar-refractivity contribution in [2.24, 2.45) is 0 Å². The van der Waals surface area contributed by atoms with E-state index < -0.39 is 0 Å². The molecule has 0 radical (unpaired) electrons. The van der Waals surface area contributed by atoms with Crippen molar-refractivity contribution in [3.63, 3.8) is 0 Å². The SMILES string of the molecule is COCCCN(CCOC)C(C)CCNC(C)(C)C. The van der Waals surface area contributed by atoms with Crippen LogP contribution in [0, 0.1) is 0 Å². The molecule has 0 aromatic carbocycles. The summed E-state index contributed by atoms with van der Waals surface area (Å²) in [5.74, 6) is 0. The van der Waals surface area contributed by atoms with Gasteiger partial charge < -0.3 is 14.8 Å². The monoisotopic (exact) mass is 274 g/mol. The summed E-state index contributed by atoms with van der Waals surface area (Å²) < 4.78 is 10.3. The summed E-state index contributed by atoms with van der Waals surface area (Å²) in [5.41, 5.74) is 0.202. The van der Waals surface area contributed by atoms with Crippen molar-refractivity contribution in [3.05, 3.63) is 0 Å². The maximum atomic E-state index is 5.20. The van der Waals surface area contributed by atoms with Crippen LogP contribution in [0.1, 0.15) is 40.5 Å². The molecule has 19 heavy (non-hydrogen) atoms. The summed E-state index contributed by atoms with van der Waals surface area (Å²) in [6.45, 7) is 13.7. The molecule has 4 nitrogen and oxygen atoms in total. The molecule has 1 N–H and O–H groups in total.